The Hall–Kier alpha value is -3.50. The Morgan fingerprint density at radius 3 is 2.46 bits per heavy atom. The molecule has 0 fully saturated rings. The van der Waals surface area contributed by atoms with Gasteiger partial charge in [0, 0.05) is 24.9 Å². The van der Waals surface area contributed by atoms with Gasteiger partial charge in [0.25, 0.3) is 0 Å². The van der Waals surface area contributed by atoms with Crippen molar-refractivity contribution in [3.8, 4) is 17.2 Å². The highest BCUT2D eigenvalue weighted by Crippen LogP contribution is 2.33. The number of carbonyl (C=O) groups excluding carboxylic acids is 2. The zero-order valence-corrected chi connectivity index (χ0v) is 22.8. The number of aliphatic hydroxyl groups is 1. The first-order valence-electron chi connectivity index (χ1n) is 13.5. The van der Waals surface area contributed by atoms with E-state index in [2.05, 4.69) is 10.5 Å². The first-order valence-corrected chi connectivity index (χ1v) is 13.5. The Kier molecular flexibility index (Phi) is 12.2. The maximum Gasteiger partial charge on any atom is 0.220 e. The summed E-state index contributed by atoms with van der Waals surface area (Å²) in [5.41, 5.74) is 1.23. The van der Waals surface area contributed by atoms with Crippen LogP contribution < -0.4 is 19.5 Å². The van der Waals surface area contributed by atoms with Crippen LogP contribution in [0.1, 0.15) is 67.5 Å². The van der Waals surface area contributed by atoms with Crippen molar-refractivity contribution in [1.29, 1.82) is 0 Å². The van der Waals surface area contributed by atoms with Gasteiger partial charge in [0.15, 0.2) is 17.3 Å². The third-order valence-corrected chi connectivity index (χ3v) is 6.61. The third-order valence-electron chi connectivity index (χ3n) is 6.61. The number of nitroso groups, excluding NO2 is 1. The summed E-state index contributed by atoms with van der Waals surface area (Å²) in [6.07, 6.45) is 2.45. The van der Waals surface area contributed by atoms with Crippen LogP contribution in [0.5, 0.6) is 17.2 Å². The highest BCUT2D eigenvalue weighted by Gasteiger charge is 2.27. The molecule has 2 N–H and O–H groups in total. The zero-order chi connectivity index (χ0) is 28.0. The molecule has 1 heterocycles. The Labute approximate surface area is 229 Å². The minimum absolute atomic E-state index is 0.0315. The molecule has 0 saturated heterocycles. The second-order valence-corrected chi connectivity index (χ2v) is 9.58. The molecule has 2 aromatic carbocycles. The van der Waals surface area contributed by atoms with Crippen molar-refractivity contribution in [1.82, 2.24) is 10.2 Å². The van der Waals surface area contributed by atoms with E-state index in [1.165, 1.54) is 0 Å². The van der Waals surface area contributed by atoms with Gasteiger partial charge in [0.05, 0.1) is 13.2 Å². The molecule has 0 aliphatic carbocycles. The number of amides is 1. The van der Waals surface area contributed by atoms with Crippen LogP contribution in [-0.4, -0.2) is 67.8 Å². The van der Waals surface area contributed by atoms with Gasteiger partial charge in [-0.05, 0) is 67.8 Å². The molecule has 1 aliphatic heterocycles. The fraction of sp³-hybridized carbons (Fsp3) is 0.517. The quantitative estimate of drug-likeness (QED) is 0.173. The molecular weight excluding hydrogens is 502 g/mol. The van der Waals surface area contributed by atoms with E-state index in [4.69, 9.17) is 14.2 Å². The summed E-state index contributed by atoms with van der Waals surface area (Å²) >= 11 is 0. The summed E-state index contributed by atoms with van der Waals surface area (Å²) < 4.78 is 16.3. The number of benzene rings is 2. The van der Waals surface area contributed by atoms with E-state index in [1.807, 2.05) is 11.8 Å². The second-order valence-electron chi connectivity index (χ2n) is 9.58. The number of Topliss-reactive ketones (excluding diaryl/α,β-unsaturated/α-hetero) is 1. The molecule has 0 radical (unpaired) electrons. The zero-order valence-electron chi connectivity index (χ0n) is 22.8. The lowest BCUT2D eigenvalue weighted by Crippen LogP contribution is -2.47. The van der Waals surface area contributed by atoms with Crippen LogP contribution in [0.2, 0.25) is 0 Å². The SMILES string of the molecule is CCCN(CN=O)C[C@@H](NC(=O)CCCCCC(=O)c1ccc(OC)cc1)C(O)c1ccc2c(c1)OCCO2. The highest BCUT2D eigenvalue weighted by molar-refractivity contribution is 5.96. The standard InChI is InChI=1S/C29H39N3O7/c1-3-15-32(20-30-36)19-24(29(35)22-11-14-26-27(18-22)39-17-16-38-26)31-28(34)8-6-4-5-7-25(33)21-9-12-23(37-2)13-10-21/h9-14,18,24,29,35H,3-8,15-17,19-20H2,1-2H3,(H,31,34)/t24-,29?/m1/s1. The van der Waals surface area contributed by atoms with Gasteiger partial charge in [-0.3, -0.25) is 14.5 Å². The van der Waals surface area contributed by atoms with Gasteiger partial charge in [0.1, 0.15) is 31.7 Å². The molecule has 2 atom stereocenters. The molecule has 0 spiro atoms. The molecule has 212 valence electrons. The number of rotatable bonds is 17. The number of carbonyl (C=O) groups is 2. The molecule has 1 aliphatic rings. The monoisotopic (exact) mass is 541 g/mol. The normalized spacial score (nSPS) is 13.9. The molecule has 0 bridgehead atoms. The Balaban J connectivity index is 1.54. The summed E-state index contributed by atoms with van der Waals surface area (Å²) in [5.74, 6) is 1.72. The number of ketones is 1. The fourth-order valence-corrected chi connectivity index (χ4v) is 4.54. The number of nitrogens with zero attached hydrogens (tertiary/aromatic N) is 2. The van der Waals surface area contributed by atoms with Crippen molar-refractivity contribution < 1.29 is 28.9 Å². The first-order chi connectivity index (χ1) is 18.9. The van der Waals surface area contributed by atoms with E-state index in [-0.39, 0.29) is 31.3 Å². The van der Waals surface area contributed by atoms with Gasteiger partial charge in [-0.1, -0.05) is 24.6 Å². The largest absolute Gasteiger partial charge is 0.497 e. The molecule has 1 unspecified atom stereocenters. The van der Waals surface area contributed by atoms with Crippen molar-refractivity contribution >= 4 is 11.7 Å². The molecule has 10 heteroatoms. The van der Waals surface area contributed by atoms with Crippen LogP contribution >= 0.6 is 0 Å². The number of ether oxygens (including phenoxy) is 3. The van der Waals surface area contributed by atoms with E-state index >= 15 is 0 Å². The lowest BCUT2D eigenvalue weighted by atomic mass is 10.00. The predicted octanol–water partition coefficient (Wildman–Crippen LogP) is 4.25. The van der Waals surface area contributed by atoms with Crippen molar-refractivity contribution in [2.75, 3.05) is 40.1 Å². The van der Waals surface area contributed by atoms with E-state index < -0.39 is 12.1 Å². The summed E-state index contributed by atoms with van der Waals surface area (Å²) in [7, 11) is 1.58. The number of fused-ring (bicyclic) bond motifs is 1. The van der Waals surface area contributed by atoms with Gasteiger partial charge in [-0.15, -0.1) is 4.91 Å². The molecule has 3 rings (SSSR count). The van der Waals surface area contributed by atoms with Crippen molar-refractivity contribution in [3.05, 3.63) is 58.5 Å². The van der Waals surface area contributed by atoms with Crippen LogP contribution in [0.15, 0.2) is 47.6 Å². The average molecular weight is 542 g/mol. The van der Waals surface area contributed by atoms with Crippen molar-refractivity contribution in [2.45, 2.75) is 57.6 Å². The summed E-state index contributed by atoms with van der Waals surface area (Å²) in [6, 6.07) is 11.6. The minimum Gasteiger partial charge on any atom is -0.497 e. The lowest BCUT2D eigenvalue weighted by Gasteiger charge is -2.30. The maximum atomic E-state index is 12.8. The number of unbranched alkanes of at least 4 members (excludes halogenated alkanes) is 2. The van der Waals surface area contributed by atoms with Crippen molar-refractivity contribution in [3.63, 3.8) is 0 Å². The Morgan fingerprint density at radius 2 is 1.77 bits per heavy atom. The minimum atomic E-state index is -1.03. The van der Waals surface area contributed by atoms with Crippen LogP contribution in [-0.2, 0) is 4.79 Å². The van der Waals surface area contributed by atoms with Gasteiger partial charge < -0.3 is 24.6 Å². The fourth-order valence-electron chi connectivity index (χ4n) is 4.54. The molecule has 2 aromatic rings. The highest BCUT2D eigenvalue weighted by atomic mass is 16.6. The Bertz CT molecular complexity index is 1080. The summed E-state index contributed by atoms with van der Waals surface area (Å²) in [4.78, 5) is 38.0. The second kappa shape index (κ2) is 15.8. The predicted molar refractivity (Wildman–Crippen MR) is 147 cm³/mol. The third kappa shape index (κ3) is 9.33. The number of hydrogen-bond acceptors (Lipinski definition) is 9. The number of aliphatic hydroxyl groups excluding tert-OH is 1. The summed E-state index contributed by atoms with van der Waals surface area (Å²) in [6.45, 7) is 3.71. The molecule has 39 heavy (non-hydrogen) atoms. The molecule has 1 amide bonds. The van der Waals surface area contributed by atoms with Crippen LogP contribution in [0.4, 0.5) is 0 Å². The first kappa shape index (κ1) is 30.0. The molecular formula is C29H39N3O7. The van der Waals surface area contributed by atoms with Crippen molar-refractivity contribution in [2.24, 2.45) is 5.18 Å². The van der Waals surface area contributed by atoms with E-state index in [1.54, 1.807) is 49.6 Å². The van der Waals surface area contributed by atoms with E-state index in [9.17, 15) is 19.6 Å². The summed E-state index contributed by atoms with van der Waals surface area (Å²) in [5, 5.41) is 17.2. The van der Waals surface area contributed by atoms with E-state index in [0.717, 1.165) is 12.8 Å². The number of methoxy groups -OCH3 is 1. The van der Waals surface area contributed by atoms with Gasteiger partial charge >= 0.3 is 0 Å². The Morgan fingerprint density at radius 1 is 1.05 bits per heavy atom. The number of hydrogen-bond donors (Lipinski definition) is 2. The van der Waals surface area contributed by atoms with Gasteiger partial charge in [0.2, 0.25) is 5.91 Å². The maximum absolute atomic E-state index is 12.8. The lowest BCUT2D eigenvalue weighted by molar-refractivity contribution is -0.123. The topological polar surface area (TPSA) is 127 Å². The van der Waals surface area contributed by atoms with Gasteiger partial charge in [-0.2, -0.15) is 0 Å². The smallest absolute Gasteiger partial charge is 0.220 e. The van der Waals surface area contributed by atoms with Gasteiger partial charge in [-0.25, -0.2) is 0 Å². The molecule has 10 nitrogen and oxygen atoms in total. The van der Waals surface area contributed by atoms with Crippen LogP contribution in [0, 0.1) is 4.91 Å². The average Bonchev–Trinajstić information content (AvgIpc) is 2.96. The van der Waals surface area contributed by atoms with Crippen LogP contribution in [0.3, 0.4) is 0 Å². The number of nitrogens with one attached hydrogen (secondary N) is 1. The van der Waals surface area contributed by atoms with Crippen LogP contribution in [0.25, 0.3) is 0 Å². The van der Waals surface area contributed by atoms with E-state index in [0.29, 0.717) is 67.4 Å². The molecule has 0 aromatic heterocycles. The molecule has 0 saturated carbocycles.